The first-order valence-electron chi connectivity index (χ1n) is 7.92. The van der Waals surface area contributed by atoms with Gasteiger partial charge in [0.05, 0.1) is 6.20 Å². The van der Waals surface area contributed by atoms with Gasteiger partial charge in [-0.15, -0.1) is 0 Å². The molecule has 3 heterocycles. The van der Waals surface area contributed by atoms with Crippen LogP contribution in [0.3, 0.4) is 0 Å². The Hall–Kier alpha value is -1.43. The maximum Gasteiger partial charge on any atom is 0.224 e. The van der Waals surface area contributed by atoms with Gasteiger partial charge in [-0.05, 0) is 32.7 Å². The molecule has 3 rings (SSSR count). The van der Waals surface area contributed by atoms with Crippen molar-refractivity contribution < 1.29 is 4.39 Å². The molecule has 2 bridgehead atoms. The Bertz CT molecular complexity index is 495. The molecule has 2 aliphatic heterocycles. The Morgan fingerprint density at radius 2 is 2.14 bits per heavy atom. The van der Waals surface area contributed by atoms with E-state index in [0.717, 1.165) is 32.5 Å². The summed E-state index contributed by atoms with van der Waals surface area (Å²) >= 11 is 0. The fraction of sp³-hybridized carbons (Fsp3) is 0.733. The number of nitrogens with one attached hydrogen (secondary N) is 1. The number of anilines is 2. The molecule has 0 saturated carbocycles. The van der Waals surface area contributed by atoms with Crippen LogP contribution in [-0.2, 0) is 0 Å². The van der Waals surface area contributed by atoms with E-state index >= 15 is 0 Å². The number of aromatic nitrogens is 2. The highest BCUT2D eigenvalue weighted by Crippen LogP contribution is 2.31. The maximum atomic E-state index is 14.1. The van der Waals surface area contributed by atoms with Crippen LogP contribution in [0.25, 0.3) is 0 Å². The predicted molar refractivity (Wildman–Crippen MR) is 82.2 cm³/mol. The van der Waals surface area contributed by atoms with Crippen LogP contribution in [0, 0.1) is 5.82 Å². The summed E-state index contributed by atoms with van der Waals surface area (Å²) in [6, 6.07) is 1.15. The Labute approximate surface area is 125 Å². The van der Waals surface area contributed by atoms with Gasteiger partial charge in [-0.3, -0.25) is 4.90 Å². The molecular weight excluding hydrogens is 269 g/mol. The monoisotopic (exact) mass is 293 g/mol. The van der Waals surface area contributed by atoms with Gasteiger partial charge in [0, 0.05) is 31.7 Å². The molecule has 0 aliphatic carbocycles. The van der Waals surface area contributed by atoms with Gasteiger partial charge in [-0.2, -0.15) is 4.98 Å². The molecule has 0 amide bonds. The standard InChI is InChI=1S/C15H24FN5/c1-3-7-17-15-18-9-13(16)14(19-15)21-8-6-11-4-5-12(10-21)20(11)2/h9,11-12H,3-8,10H2,1-2H3,(H,17,18,19). The van der Waals surface area contributed by atoms with Gasteiger partial charge in [-0.25, -0.2) is 9.37 Å². The summed E-state index contributed by atoms with van der Waals surface area (Å²) in [4.78, 5) is 13.0. The van der Waals surface area contributed by atoms with Crippen molar-refractivity contribution in [3.05, 3.63) is 12.0 Å². The van der Waals surface area contributed by atoms with E-state index in [1.807, 2.05) is 0 Å². The van der Waals surface area contributed by atoms with Crippen molar-refractivity contribution in [2.75, 3.05) is 36.9 Å². The van der Waals surface area contributed by atoms with Gasteiger partial charge >= 0.3 is 0 Å². The molecular formula is C15H24FN5. The van der Waals surface area contributed by atoms with E-state index in [2.05, 4.69) is 39.1 Å². The van der Waals surface area contributed by atoms with E-state index < -0.39 is 0 Å². The van der Waals surface area contributed by atoms with Crippen LogP contribution in [0.1, 0.15) is 32.6 Å². The Kier molecular flexibility index (Phi) is 4.24. The fourth-order valence-electron chi connectivity index (χ4n) is 3.40. The third-order valence-corrected chi connectivity index (χ3v) is 4.71. The molecule has 21 heavy (non-hydrogen) atoms. The molecule has 2 aliphatic rings. The third kappa shape index (κ3) is 2.95. The van der Waals surface area contributed by atoms with Crippen LogP contribution in [0.2, 0.25) is 0 Å². The van der Waals surface area contributed by atoms with Crippen LogP contribution in [0.4, 0.5) is 16.2 Å². The van der Waals surface area contributed by atoms with E-state index in [0.29, 0.717) is 23.8 Å². The number of fused-ring (bicyclic) bond motifs is 2. The van der Waals surface area contributed by atoms with Crippen LogP contribution >= 0.6 is 0 Å². The molecule has 2 unspecified atom stereocenters. The van der Waals surface area contributed by atoms with Crippen molar-refractivity contribution in [2.24, 2.45) is 0 Å². The second-order valence-corrected chi connectivity index (χ2v) is 6.08. The summed E-state index contributed by atoms with van der Waals surface area (Å²) in [7, 11) is 2.19. The van der Waals surface area contributed by atoms with Crippen molar-refractivity contribution in [3.8, 4) is 0 Å². The molecule has 6 heteroatoms. The minimum atomic E-state index is -0.322. The molecule has 2 atom stereocenters. The second-order valence-electron chi connectivity index (χ2n) is 6.08. The predicted octanol–water partition coefficient (Wildman–Crippen LogP) is 2.11. The summed E-state index contributed by atoms with van der Waals surface area (Å²) in [5, 5.41) is 3.13. The molecule has 0 radical (unpaired) electrons. The number of nitrogens with zero attached hydrogens (tertiary/aromatic N) is 4. The van der Waals surface area contributed by atoms with E-state index in [-0.39, 0.29) is 5.82 Å². The lowest BCUT2D eigenvalue weighted by molar-refractivity contribution is 0.254. The van der Waals surface area contributed by atoms with Crippen LogP contribution in [0.5, 0.6) is 0 Å². The van der Waals surface area contributed by atoms with Crippen LogP contribution < -0.4 is 10.2 Å². The van der Waals surface area contributed by atoms with E-state index in [9.17, 15) is 4.39 Å². The van der Waals surface area contributed by atoms with Gasteiger partial charge in [-0.1, -0.05) is 6.92 Å². The highest BCUT2D eigenvalue weighted by molar-refractivity contribution is 5.44. The molecule has 5 nitrogen and oxygen atoms in total. The largest absolute Gasteiger partial charge is 0.354 e. The normalized spacial score (nSPS) is 26.0. The molecule has 1 aromatic heterocycles. The second kappa shape index (κ2) is 6.13. The number of hydrogen-bond acceptors (Lipinski definition) is 5. The molecule has 2 fully saturated rings. The number of halogens is 1. The fourth-order valence-corrected chi connectivity index (χ4v) is 3.40. The minimum absolute atomic E-state index is 0.322. The summed E-state index contributed by atoms with van der Waals surface area (Å²) in [6.07, 6.45) is 5.82. The first kappa shape index (κ1) is 14.5. The van der Waals surface area contributed by atoms with Gasteiger partial charge in [0.1, 0.15) is 0 Å². The average molecular weight is 293 g/mol. The summed E-state index contributed by atoms with van der Waals surface area (Å²) in [5.41, 5.74) is 0. The zero-order valence-corrected chi connectivity index (χ0v) is 12.8. The van der Waals surface area contributed by atoms with Crippen molar-refractivity contribution >= 4 is 11.8 Å². The lowest BCUT2D eigenvalue weighted by Gasteiger charge is -2.27. The summed E-state index contributed by atoms with van der Waals surface area (Å²) in [6.45, 7) is 4.61. The quantitative estimate of drug-likeness (QED) is 0.921. The van der Waals surface area contributed by atoms with Crippen LogP contribution in [0.15, 0.2) is 6.20 Å². The number of likely N-dealkylation sites (N-methyl/N-ethyl adjacent to an activating group) is 1. The molecule has 116 valence electrons. The lowest BCUT2D eigenvalue weighted by Crippen LogP contribution is -2.37. The average Bonchev–Trinajstić information content (AvgIpc) is 2.72. The van der Waals surface area contributed by atoms with Crippen molar-refractivity contribution in [2.45, 2.75) is 44.7 Å². The SMILES string of the molecule is CCCNc1ncc(F)c(N2CCC3CCC(C2)N3C)n1. The number of rotatable bonds is 4. The smallest absolute Gasteiger partial charge is 0.224 e. The Morgan fingerprint density at radius 3 is 2.95 bits per heavy atom. The summed E-state index contributed by atoms with van der Waals surface area (Å²) < 4.78 is 14.1. The summed E-state index contributed by atoms with van der Waals surface area (Å²) in [5.74, 6) is 0.651. The Balaban J connectivity index is 1.79. The molecule has 1 aromatic rings. The van der Waals surface area contributed by atoms with Crippen molar-refractivity contribution in [3.63, 3.8) is 0 Å². The highest BCUT2D eigenvalue weighted by atomic mass is 19.1. The van der Waals surface area contributed by atoms with Gasteiger partial charge in [0.25, 0.3) is 0 Å². The number of hydrogen-bond donors (Lipinski definition) is 1. The van der Waals surface area contributed by atoms with Crippen molar-refractivity contribution in [1.29, 1.82) is 0 Å². The zero-order chi connectivity index (χ0) is 14.8. The van der Waals surface area contributed by atoms with Crippen molar-refractivity contribution in [1.82, 2.24) is 14.9 Å². The van der Waals surface area contributed by atoms with Gasteiger partial charge in [0.15, 0.2) is 11.6 Å². The van der Waals surface area contributed by atoms with E-state index in [4.69, 9.17) is 0 Å². The van der Waals surface area contributed by atoms with Crippen LogP contribution in [-0.4, -0.2) is 53.6 Å². The first-order valence-corrected chi connectivity index (χ1v) is 7.92. The van der Waals surface area contributed by atoms with Gasteiger partial charge in [0.2, 0.25) is 5.95 Å². The Morgan fingerprint density at radius 1 is 1.33 bits per heavy atom. The first-order chi connectivity index (χ1) is 10.2. The molecule has 0 spiro atoms. The minimum Gasteiger partial charge on any atom is -0.354 e. The molecule has 1 N–H and O–H groups in total. The topological polar surface area (TPSA) is 44.3 Å². The van der Waals surface area contributed by atoms with E-state index in [1.165, 1.54) is 19.0 Å². The third-order valence-electron chi connectivity index (χ3n) is 4.71. The highest BCUT2D eigenvalue weighted by Gasteiger charge is 2.35. The van der Waals surface area contributed by atoms with Gasteiger partial charge < -0.3 is 10.2 Å². The molecule has 0 aromatic carbocycles. The maximum absolute atomic E-state index is 14.1. The van der Waals surface area contributed by atoms with E-state index in [1.54, 1.807) is 0 Å². The zero-order valence-electron chi connectivity index (χ0n) is 12.8. The molecule has 2 saturated heterocycles. The lowest BCUT2D eigenvalue weighted by atomic mass is 10.1.